The molecule has 0 atom stereocenters. The van der Waals surface area contributed by atoms with Gasteiger partial charge < -0.3 is 5.32 Å². The highest BCUT2D eigenvalue weighted by Crippen LogP contribution is 2.23. The van der Waals surface area contributed by atoms with Gasteiger partial charge in [-0.05, 0) is 12.1 Å². The minimum atomic E-state index is -3.02. The predicted molar refractivity (Wildman–Crippen MR) is 72.2 cm³/mol. The Balaban J connectivity index is 2.65. The zero-order valence-corrected chi connectivity index (χ0v) is 12.1. The summed E-state index contributed by atoms with van der Waals surface area (Å²) in [6.07, 6.45) is 1.15. The molecule has 0 saturated carbocycles. The molecule has 0 aliphatic rings. The molecule has 0 heterocycles. The molecule has 0 aliphatic carbocycles. The molecule has 0 bridgehead atoms. The van der Waals surface area contributed by atoms with Gasteiger partial charge in [0.1, 0.15) is 9.84 Å². The summed E-state index contributed by atoms with van der Waals surface area (Å²) in [4.78, 5) is 10.4. The van der Waals surface area contributed by atoms with E-state index < -0.39 is 14.8 Å². The smallest absolute Gasteiger partial charge is 0.275 e. The summed E-state index contributed by atoms with van der Waals surface area (Å²) in [7, 11) is -3.02. The van der Waals surface area contributed by atoms with Crippen molar-refractivity contribution in [2.75, 3.05) is 18.6 Å². The highest BCUT2D eigenvalue weighted by atomic mass is 79.9. The second-order valence-electron chi connectivity index (χ2n) is 3.84. The molecule has 100 valence electrons. The van der Waals surface area contributed by atoms with Crippen LogP contribution in [0, 0.1) is 10.1 Å². The number of hydrogen-bond donors (Lipinski definition) is 1. The molecular weight excluding hydrogens is 324 g/mol. The number of nitro groups is 1. The van der Waals surface area contributed by atoms with Crippen molar-refractivity contribution in [3.05, 3.63) is 38.3 Å². The molecule has 0 amide bonds. The lowest BCUT2D eigenvalue weighted by atomic mass is 10.2. The second-order valence-corrected chi connectivity index (χ2v) is 7.01. The summed E-state index contributed by atoms with van der Waals surface area (Å²) < 4.78 is 22.4. The monoisotopic (exact) mass is 336 g/mol. The number of benzene rings is 1. The lowest BCUT2D eigenvalue weighted by Gasteiger charge is -2.05. The van der Waals surface area contributed by atoms with E-state index in [9.17, 15) is 18.5 Å². The van der Waals surface area contributed by atoms with Crippen molar-refractivity contribution in [2.45, 2.75) is 6.54 Å². The van der Waals surface area contributed by atoms with Gasteiger partial charge in [0.05, 0.1) is 10.7 Å². The summed E-state index contributed by atoms with van der Waals surface area (Å²) >= 11 is 3.17. The van der Waals surface area contributed by atoms with Crippen LogP contribution < -0.4 is 5.32 Å². The Morgan fingerprint density at radius 1 is 1.44 bits per heavy atom. The first-order valence-electron chi connectivity index (χ1n) is 5.11. The van der Waals surface area contributed by atoms with Crippen LogP contribution in [0.1, 0.15) is 5.56 Å². The summed E-state index contributed by atoms with van der Waals surface area (Å²) in [6.45, 7) is 0.533. The minimum Gasteiger partial charge on any atom is -0.311 e. The molecule has 0 fully saturated rings. The topological polar surface area (TPSA) is 89.3 Å². The van der Waals surface area contributed by atoms with E-state index in [1.807, 2.05) is 0 Å². The van der Waals surface area contributed by atoms with Crippen molar-refractivity contribution >= 4 is 31.5 Å². The van der Waals surface area contributed by atoms with Gasteiger partial charge in [0, 0.05) is 35.4 Å². The van der Waals surface area contributed by atoms with Crippen LogP contribution in [0.4, 0.5) is 5.69 Å². The van der Waals surface area contributed by atoms with Crippen molar-refractivity contribution in [3.8, 4) is 0 Å². The first kappa shape index (κ1) is 15.1. The van der Waals surface area contributed by atoms with Crippen LogP contribution in [0.3, 0.4) is 0 Å². The van der Waals surface area contributed by atoms with Crippen LogP contribution in [0.25, 0.3) is 0 Å². The Kier molecular flexibility index (Phi) is 5.24. The van der Waals surface area contributed by atoms with E-state index in [4.69, 9.17) is 0 Å². The van der Waals surface area contributed by atoms with E-state index in [-0.39, 0.29) is 24.5 Å². The fourth-order valence-corrected chi connectivity index (χ4v) is 2.20. The molecular formula is C10H13BrN2O4S. The molecule has 0 radical (unpaired) electrons. The molecule has 0 saturated heterocycles. The average molecular weight is 337 g/mol. The highest BCUT2D eigenvalue weighted by molar-refractivity contribution is 9.10. The molecule has 8 heteroatoms. The fourth-order valence-electron chi connectivity index (χ4n) is 1.34. The zero-order chi connectivity index (χ0) is 13.8. The summed E-state index contributed by atoms with van der Waals surface area (Å²) in [5, 5.41) is 13.7. The maximum atomic E-state index is 10.9. The van der Waals surface area contributed by atoms with E-state index in [1.165, 1.54) is 6.07 Å². The van der Waals surface area contributed by atoms with Gasteiger partial charge in [0.2, 0.25) is 0 Å². The van der Waals surface area contributed by atoms with Crippen LogP contribution in [0.2, 0.25) is 0 Å². The summed E-state index contributed by atoms with van der Waals surface area (Å²) in [5.41, 5.74) is 0.535. The normalized spacial score (nSPS) is 11.4. The largest absolute Gasteiger partial charge is 0.311 e. The van der Waals surface area contributed by atoms with Crippen molar-refractivity contribution in [1.82, 2.24) is 5.32 Å². The van der Waals surface area contributed by atoms with E-state index in [0.29, 0.717) is 10.0 Å². The van der Waals surface area contributed by atoms with E-state index >= 15 is 0 Å². The van der Waals surface area contributed by atoms with Crippen molar-refractivity contribution in [3.63, 3.8) is 0 Å². The van der Waals surface area contributed by atoms with Gasteiger partial charge >= 0.3 is 0 Å². The Bertz CT molecular complexity index is 545. The first-order valence-corrected chi connectivity index (χ1v) is 7.96. The average Bonchev–Trinajstić information content (AvgIpc) is 2.24. The third-order valence-electron chi connectivity index (χ3n) is 2.21. The molecule has 1 aromatic rings. The lowest BCUT2D eigenvalue weighted by Crippen LogP contribution is -2.22. The van der Waals surface area contributed by atoms with E-state index in [0.717, 1.165) is 6.26 Å². The van der Waals surface area contributed by atoms with Gasteiger partial charge in [-0.3, -0.25) is 10.1 Å². The van der Waals surface area contributed by atoms with Crippen LogP contribution >= 0.6 is 15.9 Å². The van der Waals surface area contributed by atoms with Crippen molar-refractivity contribution < 1.29 is 13.3 Å². The quantitative estimate of drug-likeness (QED) is 0.483. The van der Waals surface area contributed by atoms with Crippen LogP contribution in [-0.2, 0) is 16.4 Å². The zero-order valence-electron chi connectivity index (χ0n) is 9.72. The fraction of sp³-hybridized carbons (Fsp3) is 0.400. The minimum absolute atomic E-state index is 0.0104. The third-order valence-corrected chi connectivity index (χ3v) is 3.65. The van der Waals surface area contributed by atoms with Crippen molar-refractivity contribution in [2.24, 2.45) is 0 Å². The first-order chi connectivity index (χ1) is 8.29. The lowest BCUT2D eigenvalue weighted by molar-refractivity contribution is -0.385. The predicted octanol–water partition coefficient (Wildman–Crippen LogP) is 1.49. The van der Waals surface area contributed by atoms with Gasteiger partial charge in [0.15, 0.2) is 0 Å². The van der Waals surface area contributed by atoms with Crippen LogP contribution in [0.15, 0.2) is 22.7 Å². The molecule has 0 aromatic heterocycles. The van der Waals surface area contributed by atoms with Gasteiger partial charge in [-0.15, -0.1) is 0 Å². The number of nitro benzene ring substituents is 1. The Labute approximate surface area is 114 Å². The number of nitrogens with zero attached hydrogens (tertiary/aromatic N) is 1. The standard InChI is InChI=1S/C10H13BrN2O4S/c1-18(16,17)5-4-12-7-8-2-3-9(11)6-10(8)13(14)15/h2-3,6,12H,4-5,7H2,1H3. The van der Waals surface area contributed by atoms with E-state index in [1.54, 1.807) is 12.1 Å². The SMILES string of the molecule is CS(=O)(=O)CCNCc1ccc(Br)cc1[N+](=O)[O-]. The van der Waals surface area contributed by atoms with Gasteiger partial charge in [-0.1, -0.05) is 15.9 Å². The number of sulfone groups is 1. The number of halogens is 1. The van der Waals surface area contributed by atoms with Crippen LogP contribution in [0.5, 0.6) is 0 Å². The molecule has 0 spiro atoms. The molecule has 1 N–H and O–H groups in total. The summed E-state index contributed by atoms with van der Waals surface area (Å²) in [5.74, 6) is 0.0112. The molecule has 0 unspecified atom stereocenters. The van der Waals surface area contributed by atoms with E-state index in [2.05, 4.69) is 21.2 Å². The van der Waals surface area contributed by atoms with Gasteiger partial charge in [-0.2, -0.15) is 0 Å². The number of hydrogen-bond acceptors (Lipinski definition) is 5. The molecule has 0 aliphatic heterocycles. The number of nitrogens with one attached hydrogen (secondary N) is 1. The summed E-state index contributed by atoms with van der Waals surface area (Å²) in [6, 6.07) is 4.77. The third kappa shape index (κ3) is 5.11. The van der Waals surface area contributed by atoms with Crippen LogP contribution in [-0.4, -0.2) is 31.9 Å². The Hall–Kier alpha value is -0.990. The Morgan fingerprint density at radius 2 is 2.11 bits per heavy atom. The van der Waals surface area contributed by atoms with Gasteiger partial charge in [-0.25, -0.2) is 8.42 Å². The molecule has 6 nitrogen and oxygen atoms in total. The Morgan fingerprint density at radius 3 is 2.67 bits per heavy atom. The van der Waals surface area contributed by atoms with Crippen molar-refractivity contribution in [1.29, 1.82) is 0 Å². The second kappa shape index (κ2) is 6.26. The highest BCUT2D eigenvalue weighted by Gasteiger charge is 2.13. The molecule has 18 heavy (non-hydrogen) atoms. The molecule has 1 rings (SSSR count). The van der Waals surface area contributed by atoms with Gasteiger partial charge in [0.25, 0.3) is 5.69 Å². The maximum Gasteiger partial charge on any atom is 0.275 e. The number of rotatable bonds is 6. The maximum absolute atomic E-state index is 10.9. The molecule has 1 aromatic carbocycles.